The predicted molar refractivity (Wildman–Crippen MR) is 157 cm³/mol. The van der Waals surface area contributed by atoms with Crippen LogP contribution in [0.25, 0.3) is 0 Å². The van der Waals surface area contributed by atoms with Gasteiger partial charge in [0.2, 0.25) is 15.9 Å². The van der Waals surface area contributed by atoms with Gasteiger partial charge in [-0.1, -0.05) is 26.0 Å². The topological polar surface area (TPSA) is 85.4 Å². The number of hydrogen-bond donors (Lipinski definition) is 0. The van der Waals surface area contributed by atoms with Crippen molar-refractivity contribution in [1.82, 2.24) is 9.21 Å². The minimum absolute atomic E-state index is 0.113. The first kappa shape index (κ1) is 30.0. The summed E-state index contributed by atoms with van der Waals surface area (Å²) in [7, 11) is -0.833. The minimum Gasteiger partial charge on any atom is -0.497 e. The average Bonchev–Trinajstić information content (AvgIpc) is 3.45. The molecule has 4 rings (SSSR count). The van der Waals surface area contributed by atoms with Gasteiger partial charge in [0, 0.05) is 31.7 Å². The fourth-order valence-electron chi connectivity index (χ4n) is 4.81. The van der Waals surface area contributed by atoms with Crippen LogP contribution in [0.2, 0.25) is 0 Å². The Morgan fingerprint density at radius 1 is 1.05 bits per heavy atom. The molecule has 0 N–H and O–H groups in total. The van der Waals surface area contributed by atoms with Gasteiger partial charge in [-0.3, -0.25) is 4.79 Å². The highest BCUT2D eigenvalue weighted by atomic mass is 32.2. The largest absolute Gasteiger partial charge is 0.497 e. The van der Waals surface area contributed by atoms with Crippen LogP contribution in [0.1, 0.15) is 48.2 Å². The smallest absolute Gasteiger partial charge is 0.243 e. The van der Waals surface area contributed by atoms with E-state index in [1.165, 1.54) is 34.0 Å². The van der Waals surface area contributed by atoms with Crippen molar-refractivity contribution in [2.24, 2.45) is 0 Å². The molecule has 0 fully saturated rings. The number of benzene rings is 2. The lowest BCUT2D eigenvalue weighted by molar-refractivity contribution is -0.135. The van der Waals surface area contributed by atoms with Crippen LogP contribution < -0.4 is 9.47 Å². The second-order valence-corrected chi connectivity index (χ2v) is 13.0. The zero-order chi connectivity index (χ0) is 28.7. The van der Waals surface area contributed by atoms with E-state index in [2.05, 4.69) is 26.0 Å². The highest BCUT2D eigenvalue weighted by molar-refractivity contribution is 7.89. The number of fused-ring (bicyclic) bond motifs is 1. The van der Waals surface area contributed by atoms with Crippen molar-refractivity contribution in [3.63, 3.8) is 0 Å². The van der Waals surface area contributed by atoms with Gasteiger partial charge in [0.1, 0.15) is 18.1 Å². The van der Waals surface area contributed by atoms with E-state index < -0.39 is 10.0 Å². The highest BCUT2D eigenvalue weighted by Crippen LogP contribution is 2.34. The third-order valence-electron chi connectivity index (χ3n) is 7.13. The van der Waals surface area contributed by atoms with Gasteiger partial charge in [0.15, 0.2) is 0 Å². The van der Waals surface area contributed by atoms with Crippen molar-refractivity contribution in [3.8, 4) is 11.5 Å². The van der Waals surface area contributed by atoms with Crippen LogP contribution in [0, 0.1) is 0 Å². The van der Waals surface area contributed by atoms with Crippen LogP contribution in [0.5, 0.6) is 11.5 Å². The maximum absolute atomic E-state index is 13.8. The fourth-order valence-corrected chi connectivity index (χ4v) is 7.16. The van der Waals surface area contributed by atoms with E-state index in [0.717, 1.165) is 17.7 Å². The Labute approximate surface area is 241 Å². The maximum Gasteiger partial charge on any atom is 0.243 e. The van der Waals surface area contributed by atoms with Crippen molar-refractivity contribution in [1.29, 1.82) is 0 Å². The van der Waals surface area contributed by atoms with Crippen molar-refractivity contribution >= 4 is 27.3 Å². The summed E-state index contributed by atoms with van der Waals surface area (Å²) < 4.78 is 45.0. The summed E-state index contributed by atoms with van der Waals surface area (Å²) >= 11 is 1.68. The summed E-state index contributed by atoms with van der Waals surface area (Å²) in [5.74, 6) is 1.47. The van der Waals surface area contributed by atoms with Gasteiger partial charge in [0.05, 0.1) is 24.6 Å². The van der Waals surface area contributed by atoms with Crippen LogP contribution in [0.15, 0.2) is 64.9 Å². The Kier molecular flexibility index (Phi) is 10.2. The van der Waals surface area contributed by atoms with Crippen LogP contribution in [0.3, 0.4) is 0 Å². The number of methoxy groups -OCH3 is 2. The molecule has 0 unspecified atom stereocenters. The molecule has 1 aliphatic rings. The molecule has 2 heterocycles. The molecule has 0 saturated carbocycles. The standard InChI is InChI=1S/C30H38N2O6S2/c1-22(2)23-6-8-25(9-7-23)38-21-28-27-15-19-39-29(27)14-17-32(28)30(33)20-31(16-5-18-36-3)40(34,35)26-12-10-24(37-4)11-13-26/h6-13,15,19,22,28H,5,14,16-18,20-21H2,1-4H3/t28-/m0/s1. The van der Waals surface area contributed by atoms with E-state index >= 15 is 0 Å². The van der Waals surface area contributed by atoms with Gasteiger partial charge in [-0.05, 0) is 77.7 Å². The number of sulfonamides is 1. The summed E-state index contributed by atoms with van der Waals surface area (Å²) in [6.07, 6.45) is 1.19. The molecule has 1 atom stereocenters. The molecule has 2 aromatic carbocycles. The Morgan fingerprint density at radius 3 is 2.40 bits per heavy atom. The molecule has 1 amide bonds. The van der Waals surface area contributed by atoms with E-state index in [1.807, 2.05) is 23.6 Å². The Morgan fingerprint density at radius 2 is 1.75 bits per heavy atom. The van der Waals surface area contributed by atoms with E-state index in [1.54, 1.807) is 35.5 Å². The van der Waals surface area contributed by atoms with E-state index in [0.29, 0.717) is 31.2 Å². The summed E-state index contributed by atoms with van der Waals surface area (Å²) in [5, 5.41) is 2.04. The van der Waals surface area contributed by atoms with E-state index in [4.69, 9.17) is 14.2 Å². The Hall–Kier alpha value is -2.92. The molecular weight excluding hydrogens is 548 g/mol. The molecule has 1 aromatic heterocycles. The van der Waals surface area contributed by atoms with Crippen molar-refractivity contribution in [2.75, 3.05) is 47.1 Å². The maximum atomic E-state index is 13.8. The van der Waals surface area contributed by atoms with Crippen molar-refractivity contribution < 1.29 is 27.4 Å². The zero-order valence-electron chi connectivity index (χ0n) is 23.5. The summed E-state index contributed by atoms with van der Waals surface area (Å²) in [5.41, 5.74) is 2.29. The number of hydrogen-bond acceptors (Lipinski definition) is 7. The van der Waals surface area contributed by atoms with Crippen LogP contribution >= 0.6 is 11.3 Å². The second-order valence-electron chi connectivity index (χ2n) is 10.0. The molecule has 0 aliphatic carbocycles. The first-order valence-corrected chi connectivity index (χ1v) is 15.8. The first-order valence-electron chi connectivity index (χ1n) is 13.5. The van der Waals surface area contributed by atoms with Gasteiger partial charge in [-0.2, -0.15) is 4.31 Å². The number of thiophene rings is 1. The van der Waals surface area contributed by atoms with Crippen LogP contribution in [-0.4, -0.2) is 70.6 Å². The third-order valence-corrected chi connectivity index (χ3v) is 9.99. The summed E-state index contributed by atoms with van der Waals surface area (Å²) in [4.78, 5) is 16.9. The van der Waals surface area contributed by atoms with Gasteiger partial charge in [-0.25, -0.2) is 8.42 Å². The molecule has 0 saturated heterocycles. The molecule has 3 aromatic rings. The summed E-state index contributed by atoms with van der Waals surface area (Å²) in [6, 6.07) is 16.0. The monoisotopic (exact) mass is 586 g/mol. The van der Waals surface area contributed by atoms with Crippen molar-refractivity contribution in [2.45, 2.75) is 43.5 Å². The van der Waals surface area contributed by atoms with Crippen LogP contribution in [0.4, 0.5) is 0 Å². The second kappa shape index (κ2) is 13.6. The number of nitrogens with zero attached hydrogens (tertiary/aromatic N) is 2. The molecule has 0 bridgehead atoms. The molecule has 8 nitrogen and oxygen atoms in total. The average molecular weight is 587 g/mol. The molecule has 40 heavy (non-hydrogen) atoms. The van der Waals surface area contributed by atoms with E-state index in [-0.39, 0.29) is 36.5 Å². The number of carbonyl (C=O) groups excluding carboxylic acids is 1. The highest BCUT2D eigenvalue weighted by Gasteiger charge is 2.35. The Balaban J connectivity index is 1.54. The number of rotatable bonds is 13. The lowest BCUT2D eigenvalue weighted by Crippen LogP contribution is -2.48. The number of amides is 1. The van der Waals surface area contributed by atoms with E-state index in [9.17, 15) is 13.2 Å². The van der Waals surface area contributed by atoms with Crippen molar-refractivity contribution in [3.05, 3.63) is 76.0 Å². The Bertz CT molecular complexity index is 1350. The molecule has 0 spiro atoms. The van der Waals surface area contributed by atoms with Gasteiger partial charge >= 0.3 is 0 Å². The normalized spacial score (nSPS) is 15.3. The lowest BCUT2D eigenvalue weighted by Gasteiger charge is -2.37. The molecule has 0 radical (unpaired) electrons. The molecular formula is C30H38N2O6S2. The lowest BCUT2D eigenvalue weighted by atomic mass is 10.0. The van der Waals surface area contributed by atoms with Gasteiger partial charge < -0.3 is 19.1 Å². The summed E-state index contributed by atoms with van der Waals surface area (Å²) in [6.45, 7) is 5.36. The molecule has 216 valence electrons. The fraction of sp³-hybridized carbons (Fsp3) is 0.433. The zero-order valence-corrected chi connectivity index (χ0v) is 25.2. The minimum atomic E-state index is -3.93. The predicted octanol–water partition coefficient (Wildman–Crippen LogP) is 5.11. The van der Waals surface area contributed by atoms with Crippen LogP contribution in [-0.2, 0) is 26.0 Å². The quantitative estimate of drug-likeness (QED) is 0.259. The molecule has 10 heteroatoms. The van der Waals surface area contributed by atoms with Gasteiger partial charge in [-0.15, -0.1) is 11.3 Å². The molecule has 1 aliphatic heterocycles. The third kappa shape index (κ3) is 7.04. The van der Waals surface area contributed by atoms with Gasteiger partial charge in [0.25, 0.3) is 0 Å². The number of ether oxygens (including phenoxy) is 3. The first-order chi connectivity index (χ1) is 19.2. The SMILES string of the molecule is COCCCN(CC(=O)N1CCc2sccc2[C@@H]1COc1ccc(C(C)C)cc1)S(=O)(=O)c1ccc(OC)cc1. The number of carbonyl (C=O) groups is 1.